The minimum absolute atomic E-state index is 0.0927. The van der Waals surface area contributed by atoms with Gasteiger partial charge in [-0.05, 0) is 42.2 Å². The number of pyridine rings is 1. The lowest BCUT2D eigenvalue weighted by Crippen LogP contribution is -2.54. The molecule has 1 aromatic carbocycles. The van der Waals surface area contributed by atoms with E-state index in [1.807, 2.05) is 6.07 Å². The minimum atomic E-state index is -0.967. The van der Waals surface area contributed by atoms with Crippen molar-refractivity contribution >= 4 is 52.4 Å². The van der Waals surface area contributed by atoms with Crippen LogP contribution in [0.5, 0.6) is 0 Å². The number of carbonyl (C=O) groups is 4. The lowest BCUT2D eigenvalue weighted by atomic mass is 10.0. The molecule has 2 aromatic rings. The molecule has 1 N–H and O–H groups in total. The number of imide groups is 2. The van der Waals surface area contributed by atoms with Gasteiger partial charge in [-0.25, -0.2) is 0 Å². The zero-order valence-electron chi connectivity index (χ0n) is 18.0. The molecule has 0 aliphatic carbocycles. The standard InChI is InChI=1S/C24H20Cl2N4O4/c25-17-5-8-27-21(20(17)26)14-6-9-29(10-7-14)12-13-1-2-15-16(11-13)24(34)30(23(15)33)18-3-4-19(31)28-22(18)32/h1-2,5-6,8,11,18H,3-4,7,9-10,12H2,(H,28,31,32). The summed E-state index contributed by atoms with van der Waals surface area (Å²) >= 11 is 12.4. The summed E-state index contributed by atoms with van der Waals surface area (Å²) in [5.74, 6) is -2.01. The van der Waals surface area contributed by atoms with E-state index in [0.717, 1.165) is 29.0 Å². The van der Waals surface area contributed by atoms with Gasteiger partial charge in [-0.2, -0.15) is 0 Å². The molecule has 4 heterocycles. The van der Waals surface area contributed by atoms with Crippen molar-refractivity contribution in [1.29, 1.82) is 0 Å². The maximum Gasteiger partial charge on any atom is 0.262 e. The molecule has 1 fully saturated rings. The van der Waals surface area contributed by atoms with E-state index in [2.05, 4.69) is 21.3 Å². The van der Waals surface area contributed by atoms with Crippen LogP contribution in [0.1, 0.15) is 51.2 Å². The van der Waals surface area contributed by atoms with E-state index in [-0.39, 0.29) is 24.0 Å². The van der Waals surface area contributed by atoms with Crippen molar-refractivity contribution in [2.45, 2.75) is 31.8 Å². The van der Waals surface area contributed by atoms with Crippen LogP contribution in [-0.2, 0) is 16.1 Å². The SMILES string of the molecule is O=C1CCC(N2C(=O)c3ccc(CN4CC=C(c5nccc(Cl)c5Cl)CC4)cc3C2=O)C(=O)N1. The Balaban J connectivity index is 1.30. The molecule has 8 nitrogen and oxygen atoms in total. The monoisotopic (exact) mass is 498 g/mol. The lowest BCUT2D eigenvalue weighted by Gasteiger charge is -2.27. The minimum Gasteiger partial charge on any atom is -0.295 e. The lowest BCUT2D eigenvalue weighted by molar-refractivity contribution is -0.136. The van der Waals surface area contributed by atoms with Gasteiger partial charge in [-0.15, -0.1) is 0 Å². The van der Waals surface area contributed by atoms with Gasteiger partial charge in [0.1, 0.15) is 6.04 Å². The Labute approximate surface area is 205 Å². The number of halogens is 2. The molecule has 1 aromatic heterocycles. The molecule has 4 amide bonds. The highest BCUT2D eigenvalue weighted by Gasteiger charge is 2.44. The van der Waals surface area contributed by atoms with Crippen LogP contribution in [0.15, 0.2) is 36.5 Å². The quantitative estimate of drug-likeness (QED) is 0.650. The molecular formula is C24H20Cl2N4O4. The summed E-state index contributed by atoms with van der Waals surface area (Å²) < 4.78 is 0. The van der Waals surface area contributed by atoms with Gasteiger partial charge < -0.3 is 0 Å². The first-order chi connectivity index (χ1) is 16.3. The molecule has 0 spiro atoms. The Morgan fingerprint density at radius 1 is 1.03 bits per heavy atom. The van der Waals surface area contributed by atoms with Crippen LogP contribution < -0.4 is 5.32 Å². The Bertz CT molecular complexity index is 1280. The van der Waals surface area contributed by atoms with Crippen LogP contribution in [0.25, 0.3) is 5.57 Å². The van der Waals surface area contributed by atoms with Crippen LogP contribution in [0.3, 0.4) is 0 Å². The molecule has 3 aliphatic rings. The molecule has 174 valence electrons. The van der Waals surface area contributed by atoms with E-state index in [1.54, 1.807) is 24.4 Å². The predicted molar refractivity (Wildman–Crippen MR) is 125 cm³/mol. The molecule has 1 atom stereocenters. The Morgan fingerprint density at radius 2 is 1.82 bits per heavy atom. The van der Waals surface area contributed by atoms with Crippen molar-refractivity contribution in [3.63, 3.8) is 0 Å². The van der Waals surface area contributed by atoms with E-state index in [9.17, 15) is 19.2 Å². The topological polar surface area (TPSA) is 99.7 Å². The van der Waals surface area contributed by atoms with Gasteiger partial charge >= 0.3 is 0 Å². The number of benzene rings is 1. The van der Waals surface area contributed by atoms with Gasteiger partial charge in [0.15, 0.2) is 0 Å². The van der Waals surface area contributed by atoms with Gasteiger partial charge in [0.05, 0.1) is 26.9 Å². The molecule has 0 bridgehead atoms. The largest absolute Gasteiger partial charge is 0.295 e. The van der Waals surface area contributed by atoms with Crippen molar-refractivity contribution in [1.82, 2.24) is 20.1 Å². The number of hydrogen-bond donors (Lipinski definition) is 1. The molecule has 34 heavy (non-hydrogen) atoms. The molecular weight excluding hydrogens is 479 g/mol. The number of rotatable bonds is 4. The van der Waals surface area contributed by atoms with Crippen LogP contribution >= 0.6 is 23.2 Å². The van der Waals surface area contributed by atoms with Crippen LogP contribution in [0, 0.1) is 0 Å². The number of nitrogens with zero attached hydrogens (tertiary/aromatic N) is 3. The zero-order valence-corrected chi connectivity index (χ0v) is 19.5. The van der Waals surface area contributed by atoms with Crippen LogP contribution in [-0.4, -0.2) is 57.5 Å². The summed E-state index contributed by atoms with van der Waals surface area (Å²) in [4.78, 5) is 57.1. The van der Waals surface area contributed by atoms with E-state index in [1.165, 1.54) is 0 Å². The molecule has 5 rings (SSSR count). The van der Waals surface area contributed by atoms with Crippen molar-refractivity contribution < 1.29 is 19.2 Å². The summed E-state index contributed by atoms with van der Waals surface area (Å²) in [5.41, 5.74) is 3.19. The normalized spacial score (nSPS) is 20.9. The molecule has 1 saturated heterocycles. The Morgan fingerprint density at radius 3 is 2.56 bits per heavy atom. The molecule has 10 heteroatoms. The van der Waals surface area contributed by atoms with Crippen molar-refractivity contribution in [2.75, 3.05) is 13.1 Å². The third kappa shape index (κ3) is 4.02. The van der Waals surface area contributed by atoms with Crippen LogP contribution in [0.2, 0.25) is 10.0 Å². The van der Waals surface area contributed by atoms with Gasteiger partial charge in [-0.1, -0.05) is 35.3 Å². The third-order valence-corrected chi connectivity index (χ3v) is 7.14. The second-order valence-electron chi connectivity index (χ2n) is 8.50. The van der Waals surface area contributed by atoms with E-state index >= 15 is 0 Å². The van der Waals surface area contributed by atoms with Crippen molar-refractivity contribution in [3.8, 4) is 0 Å². The Hall–Kier alpha value is -3.07. The first kappa shape index (κ1) is 22.7. The molecule has 1 unspecified atom stereocenters. The van der Waals surface area contributed by atoms with Gasteiger partial charge in [0.25, 0.3) is 11.8 Å². The van der Waals surface area contributed by atoms with Crippen LogP contribution in [0.4, 0.5) is 0 Å². The number of fused-ring (bicyclic) bond motifs is 1. The maximum atomic E-state index is 13.0. The highest BCUT2D eigenvalue weighted by molar-refractivity contribution is 6.42. The fourth-order valence-corrected chi connectivity index (χ4v) is 4.97. The second-order valence-corrected chi connectivity index (χ2v) is 9.28. The van der Waals surface area contributed by atoms with E-state index in [0.29, 0.717) is 28.8 Å². The van der Waals surface area contributed by atoms with Gasteiger partial charge in [-0.3, -0.25) is 39.3 Å². The van der Waals surface area contributed by atoms with Crippen molar-refractivity contribution in [2.24, 2.45) is 0 Å². The summed E-state index contributed by atoms with van der Waals surface area (Å²) in [6.45, 7) is 2.03. The van der Waals surface area contributed by atoms with E-state index in [4.69, 9.17) is 23.2 Å². The smallest absolute Gasteiger partial charge is 0.262 e. The fourth-order valence-electron chi connectivity index (χ4n) is 4.59. The highest BCUT2D eigenvalue weighted by atomic mass is 35.5. The predicted octanol–water partition coefficient (Wildman–Crippen LogP) is 3.08. The number of hydrogen-bond acceptors (Lipinski definition) is 6. The number of nitrogens with one attached hydrogen (secondary N) is 1. The number of carbonyl (C=O) groups excluding carboxylic acids is 4. The van der Waals surface area contributed by atoms with Crippen molar-refractivity contribution in [3.05, 3.63) is 69.0 Å². The molecule has 3 aliphatic heterocycles. The average molecular weight is 499 g/mol. The molecule has 0 radical (unpaired) electrons. The zero-order chi connectivity index (χ0) is 24.0. The maximum absolute atomic E-state index is 13.0. The average Bonchev–Trinajstić information content (AvgIpc) is 3.06. The number of aromatic nitrogens is 1. The van der Waals surface area contributed by atoms with Gasteiger partial charge in [0.2, 0.25) is 11.8 Å². The summed E-state index contributed by atoms with van der Waals surface area (Å²) in [7, 11) is 0. The summed E-state index contributed by atoms with van der Waals surface area (Å²) in [6, 6.07) is 5.87. The van der Waals surface area contributed by atoms with Gasteiger partial charge in [0, 0.05) is 32.3 Å². The Kier molecular flexibility index (Phi) is 5.97. The first-order valence-electron chi connectivity index (χ1n) is 10.9. The first-order valence-corrected chi connectivity index (χ1v) is 11.7. The number of piperidine rings is 1. The highest BCUT2D eigenvalue weighted by Crippen LogP contribution is 2.32. The summed E-state index contributed by atoms with van der Waals surface area (Å²) in [6.07, 6.45) is 4.68. The molecule has 0 saturated carbocycles. The summed E-state index contributed by atoms with van der Waals surface area (Å²) in [5, 5.41) is 3.13. The third-order valence-electron chi connectivity index (χ3n) is 6.35. The van der Waals surface area contributed by atoms with E-state index < -0.39 is 29.7 Å². The number of amides is 4. The second kappa shape index (κ2) is 8.94. The fraction of sp³-hybridized carbons (Fsp3) is 0.292.